The third-order valence-electron chi connectivity index (χ3n) is 3.98. The SMILES string of the molecule is C[C@H]1CN(c2cnn(C)c(=O)c2Cl)[C@@H](C)CN1C(=O)OC(C)(C)C. The van der Waals surface area contributed by atoms with Gasteiger partial charge in [-0.1, -0.05) is 11.6 Å². The molecule has 24 heavy (non-hydrogen) atoms. The standard InChI is InChI=1S/C16H25ClN4O3/c1-10-9-21(15(23)24-16(3,4)5)11(2)8-20(10)12-7-18-19(6)14(22)13(12)17/h7,10-11H,8-9H2,1-6H3/t10-,11-/m0/s1. The lowest BCUT2D eigenvalue weighted by Crippen LogP contribution is -2.59. The van der Waals surface area contributed by atoms with Crippen molar-refractivity contribution in [1.29, 1.82) is 0 Å². The Balaban J connectivity index is 2.21. The molecule has 1 aromatic rings. The van der Waals surface area contributed by atoms with E-state index in [1.54, 1.807) is 18.1 Å². The third-order valence-corrected chi connectivity index (χ3v) is 4.34. The fraction of sp³-hybridized carbons (Fsp3) is 0.688. The first-order valence-corrected chi connectivity index (χ1v) is 8.37. The summed E-state index contributed by atoms with van der Waals surface area (Å²) in [6.07, 6.45) is 1.27. The largest absolute Gasteiger partial charge is 0.444 e. The molecule has 0 radical (unpaired) electrons. The van der Waals surface area contributed by atoms with E-state index in [1.165, 1.54) is 4.68 Å². The number of carbonyl (C=O) groups is 1. The number of aryl methyl sites for hydroxylation is 1. The Bertz CT molecular complexity index is 683. The summed E-state index contributed by atoms with van der Waals surface area (Å²) in [4.78, 5) is 28.1. The molecule has 0 unspecified atom stereocenters. The van der Waals surface area contributed by atoms with Gasteiger partial charge in [-0.05, 0) is 34.6 Å². The molecule has 1 aliphatic rings. The van der Waals surface area contributed by atoms with Crippen molar-refractivity contribution in [3.63, 3.8) is 0 Å². The summed E-state index contributed by atoms with van der Waals surface area (Å²) in [5.41, 5.74) is -0.262. The number of hydrogen-bond donors (Lipinski definition) is 0. The van der Waals surface area contributed by atoms with Gasteiger partial charge in [0, 0.05) is 32.2 Å². The quantitative estimate of drug-likeness (QED) is 0.772. The van der Waals surface area contributed by atoms with Crippen LogP contribution in [-0.4, -0.2) is 51.5 Å². The van der Waals surface area contributed by atoms with Gasteiger partial charge in [0.1, 0.15) is 10.6 Å². The number of nitrogens with zero attached hydrogens (tertiary/aromatic N) is 4. The Labute approximate surface area is 147 Å². The number of rotatable bonds is 1. The lowest BCUT2D eigenvalue weighted by atomic mass is 10.1. The molecule has 134 valence electrons. The van der Waals surface area contributed by atoms with Crippen LogP contribution in [-0.2, 0) is 11.8 Å². The molecule has 1 amide bonds. The van der Waals surface area contributed by atoms with Gasteiger partial charge < -0.3 is 14.5 Å². The minimum atomic E-state index is -0.532. The van der Waals surface area contributed by atoms with Crippen LogP contribution in [0.15, 0.2) is 11.0 Å². The highest BCUT2D eigenvalue weighted by molar-refractivity contribution is 6.33. The molecule has 0 saturated carbocycles. The second-order valence-electron chi connectivity index (χ2n) is 7.26. The first-order valence-electron chi connectivity index (χ1n) is 7.99. The maximum atomic E-state index is 12.4. The summed E-state index contributed by atoms with van der Waals surface area (Å²) in [7, 11) is 1.56. The molecule has 0 aromatic carbocycles. The van der Waals surface area contributed by atoms with Gasteiger partial charge in [0.25, 0.3) is 5.56 Å². The van der Waals surface area contributed by atoms with Gasteiger partial charge in [0.2, 0.25) is 0 Å². The number of halogens is 1. The minimum absolute atomic E-state index is 0.0138. The van der Waals surface area contributed by atoms with Crippen LogP contribution in [0.5, 0.6) is 0 Å². The Hall–Kier alpha value is -1.76. The fourth-order valence-electron chi connectivity index (χ4n) is 2.74. The van der Waals surface area contributed by atoms with Crippen LogP contribution in [0.1, 0.15) is 34.6 Å². The molecule has 1 aromatic heterocycles. The maximum absolute atomic E-state index is 12.4. The van der Waals surface area contributed by atoms with Crippen molar-refractivity contribution in [3.8, 4) is 0 Å². The van der Waals surface area contributed by atoms with Gasteiger partial charge in [-0.2, -0.15) is 5.10 Å². The summed E-state index contributed by atoms with van der Waals surface area (Å²) in [6.45, 7) is 10.5. The molecule has 1 aliphatic heterocycles. The molecule has 1 fully saturated rings. The van der Waals surface area contributed by atoms with E-state index in [0.29, 0.717) is 18.8 Å². The fourth-order valence-corrected chi connectivity index (χ4v) is 3.02. The van der Waals surface area contributed by atoms with Crippen LogP contribution in [0.3, 0.4) is 0 Å². The van der Waals surface area contributed by atoms with E-state index in [2.05, 4.69) is 5.10 Å². The van der Waals surface area contributed by atoms with Crippen LogP contribution >= 0.6 is 11.6 Å². The lowest BCUT2D eigenvalue weighted by Gasteiger charge is -2.45. The van der Waals surface area contributed by atoms with Gasteiger partial charge >= 0.3 is 6.09 Å². The van der Waals surface area contributed by atoms with E-state index in [0.717, 1.165) is 0 Å². The highest BCUT2D eigenvalue weighted by atomic mass is 35.5. The smallest absolute Gasteiger partial charge is 0.410 e. The number of anilines is 1. The van der Waals surface area contributed by atoms with Crippen LogP contribution in [0, 0.1) is 0 Å². The summed E-state index contributed by atoms with van der Waals surface area (Å²) in [6, 6.07) is -0.0868. The molecular formula is C16H25ClN4O3. The molecule has 0 N–H and O–H groups in total. The van der Waals surface area contributed by atoms with E-state index >= 15 is 0 Å². The molecule has 2 atom stereocenters. The van der Waals surface area contributed by atoms with E-state index in [9.17, 15) is 9.59 Å². The predicted octanol–water partition coefficient (Wildman–Crippen LogP) is 2.27. The van der Waals surface area contributed by atoms with E-state index in [1.807, 2.05) is 39.5 Å². The van der Waals surface area contributed by atoms with Gasteiger partial charge in [-0.25, -0.2) is 9.48 Å². The van der Waals surface area contributed by atoms with Crippen molar-refractivity contribution in [2.75, 3.05) is 18.0 Å². The second kappa shape index (κ2) is 6.63. The Kier molecular flexibility index (Phi) is 5.13. The highest BCUT2D eigenvalue weighted by Crippen LogP contribution is 2.28. The number of amides is 1. The number of hydrogen-bond acceptors (Lipinski definition) is 5. The molecule has 2 rings (SSSR count). The zero-order valence-electron chi connectivity index (χ0n) is 15.0. The van der Waals surface area contributed by atoms with Gasteiger partial charge in [-0.3, -0.25) is 4.79 Å². The average molecular weight is 357 g/mol. The normalized spacial score (nSPS) is 21.8. The second-order valence-corrected chi connectivity index (χ2v) is 7.63. The van der Waals surface area contributed by atoms with Crippen molar-refractivity contribution in [2.45, 2.75) is 52.3 Å². The van der Waals surface area contributed by atoms with Crippen molar-refractivity contribution < 1.29 is 9.53 Å². The Morgan fingerprint density at radius 1 is 1.29 bits per heavy atom. The van der Waals surface area contributed by atoms with E-state index in [4.69, 9.17) is 16.3 Å². The summed E-state index contributed by atoms with van der Waals surface area (Å²) in [5, 5.41) is 4.20. The Morgan fingerprint density at radius 3 is 2.50 bits per heavy atom. The monoisotopic (exact) mass is 356 g/mol. The Morgan fingerprint density at radius 2 is 1.92 bits per heavy atom. The number of aromatic nitrogens is 2. The molecule has 2 heterocycles. The minimum Gasteiger partial charge on any atom is -0.444 e. The summed E-state index contributed by atoms with van der Waals surface area (Å²) >= 11 is 6.21. The van der Waals surface area contributed by atoms with Crippen LogP contribution < -0.4 is 10.5 Å². The first-order chi connectivity index (χ1) is 11.0. The van der Waals surface area contributed by atoms with E-state index < -0.39 is 5.60 Å². The van der Waals surface area contributed by atoms with Gasteiger partial charge in [0.15, 0.2) is 0 Å². The molecule has 0 spiro atoms. The predicted molar refractivity (Wildman–Crippen MR) is 93.7 cm³/mol. The zero-order chi connectivity index (χ0) is 18.2. The van der Waals surface area contributed by atoms with Crippen molar-refractivity contribution >= 4 is 23.4 Å². The highest BCUT2D eigenvalue weighted by Gasteiger charge is 2.35. The third kappa shape index (κ3) is 3.83. The number of piperazine rings is 1. The summed E-state index contributed by atoms with van der Waals surface area (Å²) in [5.74, 6) is 0. The lowest BCUT2D eigenvalue weighted by molar-refractivity contribution is 0.0130. The molecular weight excluding hydrogens is 332 g/mol. The number of carbonyl (C=O) groups excluding carboxylic acids is 1. The molecule has 0 bridgehead atoms. The molecule has 7 nitrogen and oxygen atoms in total. The first kappa shape index (κ1) is 18.6. The van der Waals surface area contributed by atoms with Crippen LogP contribution in [0.4, 0.5) is 10.5 Å². The van der Waals surface area contributed by atoms with Crippen molar-refractivity contribution in [3.05, 3.63) is 21.6 Å². The van der Waals surface area contributed by atoms with Crippen molar-refractivity contribution in [1.82, 2.24) is 14.7 Å². The number of ether oxygens (including phenoxy) is 1. The zero-order valence-corrected chi connectivity index (χ0v) is 15.8. The molecule has 8 heteroatoms. The van der Waals surface area contributed by atoms with Crippen molar-refractivity contribution in [2.24, 2.45) is 7.05 Å². The average Bonchev–Trinajstić information content (AvgIpc) is 2.45. The summed E-state index contributed by atoms with van der Waals surface area (Å²) < 4.78 is 6.68. The van der Waals surface area contributed by atoms with Crippen LogP contribution in [0.2, 0.25) is 5.02 Å². The molecule has 0 aliphatic carbocycles. The van der Waals surface area contributed by atoms with Gasteiger partial charge in [0.05, 0.1) is 11.9 Å². The topological polar surface area (TPSA) is 67.7 Å². The van der Waals surface area contributed by atoms with E-state index in [-0.39, 0.29) is 28.8 Å². The maximum Gasteiger partial charge on any atom is 0.410 e. The van der Waals surface area contributed by atoms with Crippen LogP contribution in [0.25, 0.3) is 0 Å². The van der Waals surface area contributed by atoms with Gasteiger partial charge in [-0.15, -0.1) is 0 Å². The molecule has 1 saturated heterocycles.